The number of aromatic nitrogens is 2. The number of nitrogens with zero attached hydrogens (tertiary/aromatic N) is 3. The Hall–Kier alpha value is -1.98. The predicted molar refractivity (Wildman–Crippen MR) is 74.7 cm³/mol. The molecule has 0 radical (unpaired) electrons. The lowest BCUT2D eigenvalue weighted by Gasteiger charge is -2.26. The molecule has 6 heteroatoms. The van der Waals surface area contributed by atoms with Gasteiger partial charge in [-0.2, -0.15) is 0 Å². The van der Waals surface area contributed by atoms with E-state index in [0.717, 1.165) is 25.5 Å². The number of aromatic carboxylic acids is 1. The molecule has 1 heterocycles. The molecule has 0 spiro atoms. The van der Waals surface area contributed by atoms with E-state index < -0.39 is 5.97 Å². The highest BCUT2D eigenvalue weighted by Crippen LogP contribution is 2.08. The van der Waals surface area contributed by atoms with E-state index in [2.05, 4.69) is 16.9 Å². The third-order valence-corrected chi connectivity index (χ3v) is 2.98. The maximum absolute atomic E-state index is 12.3. The van der Waals surface area contributed by atoms with Crippen molar-refractivity contribution in [2.75, 3.05) is 6.54 Å². The molecule has 1 rings (SSSR count). The van der Waals surface area contributed by atoms with Crippen LogP contribution in [0.25, 0.3) is 0 Å². The fourth-order valence-corrected chi connectivity index (χ4v) is 1.82. The van der Waals surface area contributed by atoms with Gasteiger partial charge in [0.05, 0.1) is 12.4 Å². The van der Waals surface area contributed by atoms with E-state index in [9.17, 15) is 9.59 Å². The fourth-order valence-electron chi connectivity index (χ4n) is 1.82. The molecule has 1 aromatic heterocycles. The van der Waals surface area contributed by atoms with Crippen molar-refractivity contribution in [2.24, 2.45) is 0 Å². The van der Waals surface area contributed by atoms with Crippen LogP contribution in [0.15, 0.2) is 12.4 Å². The van der Waals surface area contributed by atoms with Gasteiger partial charge in [0.1, 0.15) is 5.69 Å². The Kier molecular flexibility index (Phi) is 6.09. The Morgan fingerprint density at radius 1 is 1.20 bits per heavy atom. The number of carbonyl (C=O) groups excluding carboxylic acids is 1. The molecule has 0 aliphatic heterocycles. The molecule has 110 valence electrons. The lowest BCUT2D eigenvalue weighted by molar-refractivity contribution is 0.0675. The molecule has 0 saturated carbocycles. The van der Waals surface area contributed by atoms with Gasteiger partial charge < -0.3 is 10.0 Å². The van der Waals surface area contributed by atoms with Crippen molar-refractivity contribution in [3.63, 3.8) is 0 Å². The normalized spacial score (nSPS) is 10.6. The van der Waals surface area contributed by atoms with Gasteiger partial charge >= 0.3 is 5.97 Å². The summed E-state index contributed by atoms with van der Waals surface area (Å²) < 4.78 is 0. The quantitative estimate of drug-likeness (QED) is 0.774. The number of unbranched alkanes of at least 4 members (excludes halogenated alkanes) is 2. The third-order valence-electron chi connectivity index (χ3n) is 2.98. The van der Waals surface area contributed by atoms with E-state index in [-0.39, 0.29) is 23.3 Å². The van der Waals surface area contributed by atoms with Crippen LogP contribution in [0, 0.1) is 0 Å². The van der Waals surface area contributed by atoms with E-state index >= 15 is 0 Å². The minimum Gasteiger partial charge on any atom is -0.476 e. The van der Waals surface area contributed by atoms with Crippen molar-refractivity contribution in [2.45, 2.75) is 46.1 Å². The summed E-state index contributed by atoms with van der Waals surface area (Å²) in [6.07, 6.45) is 5.44. The van der Waals surface area contributed by atoms with Crippen molar-refractivity contribution in [3.8, 4) is 0 Å². The van der Waals surface area contributed by atoms with Crippen molar-refractivity contribution < 1.29 is 14.7 Å². The van der Waals surface area contributed by atoms with Gasteiger partial charge in [0, 0.05) is 12.6 Å². The summed E-state index contributed by atoms with van der Waals surface area (Å²) in [5.74, 6) is -1.36. The van der Waals surface area contributed by atoms with Crippen LogP contribution in [0.1, 0.15) is 61.0 Å². The molecule has 0 aliphatic rings. The molecule has 0 aromatic carbocycles. The third kappa shape index (κ3) is 4.29. The first kappa shape index (κ1) is 16.1. The molecule has 1 N–H and O–H groups in total. The molecule has 0 bridgehead atoms. The second-order valence-corrected chi connectivity index (χ2v) is 4.89. The fraction of sp³-hybridized carbons (Fsp3) is 0.571. The van der Waals surface area contributed by atoms with Gasteiger partial charge in [-0.25, -0.2) is 14.8 Å². The van der Waals surface area contributed by atoms with Crippen LogP contribution < -0.4 is 0 Å². The summed E-state index contributed by atoms with van der Waals surface area (Å²) in [7, 11) is 0. The van der Waals surface area contributed by atoms with Gasteiger partial charge in [0.2, 0.25) is 0 Å². The standard InChI is InChI=1S/C14H21N3O3/c1-4-5-6-7-17(10(2)3)13(18)11-8-16-12(9-15-11)14(19)20/h8-10H,4-7H2,1-3H3,(H,19,20). The van der Waals surface area contributed by atoms with Crippen LogP contribution in [0.3, 0.4) is 0 Å². The van der Waals surface area contributed by atoms with Gasteiger partial charge in [0.15, 0.2) is 5.69 Å². The molecule has 0 atom stereocenters. The summed E-state index contributed by atoms with van der Waals surface area (Å²) in [6, 6.07) is 0.0697. The average molecular weight is 279 g/mol. The molecule has 0 saturated heterocycles. The smallest absolute Gasteiger partial charge is 0.356 e. The largest absolute Gasteiger partial charge is 0.476 e. The number of amides is 1. The zero-order valence-electron chi connectivity index (χ0n) is 12.2. The number of carbonyl (C=O) groups is 2. The van der Waals surface area contributed by atoms with E-state index in [1.54, 1.807) is 4.90 Å². The van der Waals surface area contributed by atoms with Crippen molar-refractivity contribution in [1.29, 1.82) is 0 Å². The summed E-state index contributed by atoms with van der Waals surface area (Å²) in [4.78, 5) is 32.4. The van der Waals surface area contributed by atoms with E-state index in [1.807, 2.05) is 13.8 Å². The lowest BCUT2D eigenvalue weighted by Crippen LogP contribution is -2.38. The molecule has 0 fully saturated rings. The highest BCUT2D eigenvalue weighted by Gasteiger charge is 2.20. The zero-order valence-corrected chi connectivity index (χ0v) is 12.2. The summed E-state index contributed by atoms with van der Waals surface area (Å²) >= 11 is 0. The van der Waals surface area contributed by atoms with Crippen LogP contribution in [-0.2, 0) is 0 Å². The Morgan fingerprint density at radius 3 is 2.25 bits per heavy atom. The average Bonchev–Trinajstić information content (AvgIpc) is 2.42. The summed E-state index contributed by atoms with van der Waals surface area (Å²) in [5.41, 5.74) is 0.0174. The van der Waals surface area contributed by atoms with E-state index in [0.29, 0.717) is 6.54 Å². The molecular weight excluding hydrogens is 258 g/mol. The monoisotopic (exact) mass is 279 g/mol. The highest BCUT2D eigenvalue weighted by molar-refractivity contribution is 5.93. The van der Waals surface area contributed by atoms with Gasteiger partial charge in [-0.15, -0.1) is 0 Å². The van der Waals surface area contributed by atoms with Crippen molar-refractivity contribution in [3.05, 3.63) is 23.8 Å². The van der Waals surface area contributed by atoms with Gasteiger partial charge in [-0.1, -0.05) is 19.8 Å². The molecule has 0 aliphatic carbocycles. The zero-order chi connectivity index (χ0) is 15.1. The second-order valence-electron chi connectivity index (χ2n) is 4.89. The van der Waals surface area contributed by atoms with Crippen LogP contribution in [0.5, 0.6) is 0 Å². The summed E-state index contributed by atoms with van der Waals surface area (Å²) in [6.45, 7) is 6.68. The lowest BCUT2D eigenvalue weighted by atomic mass is 10.2. The minimum absolute atomic E-state index is 0.0697. The number of hydrogen-bond acceptors (Lipinski definition) is 4. The number of carboxylic acid groups (broad SMARTS) is 1. The molecule has 1 aromatic rings. The SMILES string of the molecule is CCCCCN(C(=O)c1cnc(C(=O)O)cn1)C(C)C. The van der Waals surface area contributed by atoms with Gasteiger partial charge in [-0.05, 0) is 20.3 Å². The maximum atomic E-state index is 12.3. The van der Waals surface area contributed by atoms with Crippen LogP contribution in [-0.4, -0.2) is 44.4 Å². The van der Waals surface area contributed by atoms with Crippen LogP contribution >= 0.6 is 0 Å². The predicted octanol–water partition coefficient (Wildman–Crippen LogP) is 2.22. The molecular formula is C14H21N3O3. The van der Waals surface area contributed by atoms with Crippen LogP contribution in [0.2, 0.25) is 0 Å². The van der Waals surface area contributed by atoms with Crippen LogP contribution in [0.4, 0.5) is 0 Å². The highest BCUT2D eigenvalue weighted by atomic mass is 16.4. The van der Waals surface area contributed by atoms with E-state index in [1.165, 1.54) is 6.20 Å². The van der Waals surface area contributed by atoms with E-state index in [4.69, 9.17) is 5.11 Å². The molecule has 6 nitrogen and oxygen atoms in total. The van der Waals surface area contributed by atoms with Gasteiger partial charge in [-0.3, -0.25) is 4.79 Å². The first-order valence-electron chi connectivity index (χ1n) is 6.83. The second kappa shape index (κ2) is 7.57. The molecule has 20 heavy (non-hydrogen) atoms. The Balaban J connectivity index is 2.80. The summed E-state index contributed by atoms with van der Waals surface area (Å²) in [5, 5.41) is 8.76. The number of rotatable bonds is 7. The Bertz CT molecular complexity index is 457. The maximum Gasteiger partial charge on any atom is 0.356 e. The minimum atomic E-state index is -1.15. The molecule has 1 amide bonds. The number of carboxylic acids is 1. The molecule has 0 unspecified atom stereocenters. The number of hydrogen-bond donors (Lipinski definition) is 1. The van der Waals surface area contributed by atoms with Crippen molar-refractivity contribution >= 4 is 11.9 Å². The topological polar surface area (TPSA) is 83.4 Å². The Labute approximate surface area is 118 Å². The Morgan fingerprint density at radius 2 is 1.80 bits per heavy atom. The first-order valence-corrected chi connectivity index (χ1v) is 6.83. The van der Waals surface area contributed by atoms with Crippen molar-refractivity contribution in [1.82, 2.24) is 14.9 Å². The van der Waals surface area contributed by atoms with Gasteiger partial charge in [0.25, 0.3) is 5.91 Å². The first-order chi connectivity index (χ1) is 9.47.